The van der Waals surface area contributed by atoms with Gasteiger partial charge in [-0.1, -0.05) is 25.7 Å². The van der Waals surface area contributed by atoms with Crippen LogP contribution in [0.5, 0.6) is 11.5 Å². The van der Waals surface area contributed by atoms with Gasteiger partial charge in [-0.2, -0.15) is 0 Å². The van der Waals surface area contributed by atoms with Crippen LogP contribution in [0.3, 0.4) is 0 Å². The molecule has 0 atom stereocenters. The van der Waals surface area contributed by atoms with Gasteiger partial charge in [0.05, 0.1) is 0 Å². The fourth-order valence-corrected chi connectivity index (χ4v) is 3.16. The molecule has 6 nitrogen and oxygen atoms in total. The number of amides is 1. The summed E-state index contributed by atoms with van der Waals surface area (Å²) in [7, 11) is 0. The van der Waals surface area contributed by atoms with E-state index in [1.807, 2.05) is 0 Å². The second kappa shape index (κ2) is 8.04. The maximum absolute atomic E-state index is 11.9. The van der Waals surface area contributed by atoms with E-state index in [-0.39, 0.29) is 18.5 Å². The first-order valence-electron chi connectivity index (χ1n) is 8.56. The molecule has 1 N–H and O–H groups in total. The molecule has 24 heavy (non-hydrogen) atoms. The fourth-order valence-electron chi connectivity index (χ4n) is 3.16. The van der Waals surface area contributed by atoms with Crippen LogP contribution in [0.15, 0.2) is 18.2 Å². The van der Waals surface area contributed by atoms with Gasteiger partial charge in [-0.25, -0.2) is 0 Å². The highest BCUT2D eigenvalue weighted by molar-refractivity contribution is 5.93. The molecule has 0 unspecified atom stereocenters. The lowest BCUT2D eigenvalue weighted by Crippen LogP contribution is -2.21. The van der Waals surface area contributed by atoms with Crippen molar-refractivity contribution in [2.75, 3.05) is 25.1 Å². The van der Waals surface area contributed by atoms with Gasteiger partial charge in [-0.3, -0.25) is 9.59 Å². The van der Waals surface area contributed by atoms with Gasteiger partial charge in [0.2, 0.25) is 0 Å². The van der Waals surface area contributed by atoms with Crippen LogP contribution >= 0.6 is 0 Å². The molecule has 0 bridgehead atoms. The van der Waals surface area contributed by atoms with Crippen molar-refractivity contribution in [3.05, 3.63) is 18.2 Å². The Morgan fingerprint density at radius 2 is 1.88 bits per heavy atom. The van der Waals surface area contributed by atoms with E-state index in [0.29, 0.717) is 42.7 Å². The SMILES string of the molecule is O=C(COC(=O)CCC1CCCC1)Nc1ccc2c(c1)OCCO2. The Morgan fingerprint density at radius 3 is 2.67 bits per heavy atom. The molecule has 6 heteroatoms. The van der Waals surface area contributed by atoms with Gasteiger partial charge in [0.1, 0.15) is 13.2 Å². The number of esters is 1. The third-order valence-corrected chi connectivity index (χ3v) is 4.42. The minimum absolute atomic E-state index is 0.266. The highest BCUT2D eigenvalue weighted by Crippen LogP contribution is 2.32. The maximum atomic E-state index is 11.9. The van der Waals surface area contributed by atoms with Crippen LogP contribution < -0.4 is 14.8 Å². The van der Waals surface area contributed by atoms with Gasteiger partial charge in [0.15, 0.2) is 18.1 Å². The number of carbonyl (C=O) groups is 2. The van der Waals surface area contributed by atoms with Crippen molar-refractivity contribution in [2.45, 2.75) is 38.5 Å². The van der Waals surface area contributed by atoms with Gasteiger partial charge < -0.3 is 19.5 Å². The van der Waals surface area contributed by atoms with Crippen molar-refractivity contribution in [3.63, 3.8) is 0 Å². The normalized spacial score (nSPS) is 16.7. The average molecular weight is 333 g/mol. The molecule has 1 fully saturated rings. The maximum Gasteiger partial charge on any atom is 0.306 e. The highest BCUT2D eigenvalue weighted by Gasteiger charge is 2.17. The number of rotatable bonds is 6. The smallest absolute Gasteiger partial charge is 0.306 e. The summed E-state index contributed by atoms with van der Waals surface area (Å²) in [6.45, 7) is 0.746. The quantitative estimate of drug-likeness (QED) is 0.810. The number of fused-ring (bicyclic) bond motifs is 1. The van der Waals surface area contributed by atoms with E-state index in [0.717, 1.165) is 6.42 Å². The molecule has 0 saturated heterocycles. The van der Waals surface area contributed by atoms with E-state index in [1.54, 1.807) is 18.2 Å². The van der Waals surface area contributed by atoms with Gasteiger partial charge in [-0.05, 0) is 24.5 Å². The summed E-state index contributed by atoms with van der Waals surface area (Å²) < 4.78 is 15.9. The van der Waals surface area contributed by atoms with Crippen LogP contribution in [-0.2, 0) is 14.3 Å². The van der Waals surface area contributed by atoms with E-state index in [9.17, 15) is 9.59 Å². The van der Waals surface area contributed by atoms with Gasteiger partial charge >= 0.3 is 5.97 Å². The summed E-state index contributed by atoms with van der Waals surface area (Å²) in [5.74, 6) is 1.24. The molecule has 0 aromatic heterocycles. The number of hydrogen-bond donors (Lipinski definition) is 1. The predicted octanol–water partition coefficient (Wildman–Crippen LogP) is 2.91. The Balaban J connectivity index is 1.39. The summed E-state index contributed by atoms with van der Waals surface area (Å²) >= 11 is 0. The summed E-state index contributed by atoms with van der Waals surface area (Å²) in [6.07, 6.45) is 6.19. The summed E-state index contributed by atoms with van der Waals surface area (Å²) in [5, 5.41) is 2.69. The Bertz CT molecular complexity index is 595. The van der Waals surface area contributed by atoms with Crippen LogP contribution in [0, 0.1) is 5.92 Å². The van der Waals surface area contributed by atoms with E-state index in [2.05, 4.69) is 5.32 Å². The van der Waals surface area contributed by atoms with Gasteiger partial charge in [0.25, 0.3) is 5.91 Å². The number of ether oxygens (including phenoxy) is 3. The molecule has 1 heterocycles. The number of nitrogens with one attached hydrogen (secondary N) is 1. The first-order chi connectivity index (χ1) is 11.7. The number of benzene rings is 1. The predicted molar refractivity (Wildman–Crippen MR) is 88.2 cm³/mol. The number of carbonyl (C=O) groups excluding carboxylic acids is 2. The second-order valence-electron chi connectivity index (χ2n) is 6.26. The Hall–Kier alpha value is -2.24. The molecule has 1 aromatic carbocycles. The Labute approximate surface area is 141 Å². The van der Waals surface area contributed by atoms with Crippen LogP contribution in [0.1, 0.15) is 38.5 Å². The van der Waals surface area contributed by atoms with E-state index < -0.39 is 0 Å². The zero-order chi connectivity index (χ0) is 16.8. The summed E-state index contributed by atoms with van der Waals surface area (Å²) in [4.78, 5) is 23.6. The van der Waals surface area contributed by atoms with Crippen molar-refractivity contribution in [2.24, 2.45) is 5.92 Å². The topological polar surface area (TPSA) is 73.9 Å². The first-order valence-corrected chi connectivity index (χ1v) is 8.56. The minimum atomic E-state index is -0.360. The average Bonchev–Trinajstić information content (AvgIpc) is 3.11. The molecule has 2 aliphatic rings. The van der Waals surface area contributed by atoms with Crippen molar-refractivity contribution in [1.29, 1.82) is 0 Å². The Morgan fingerprint density at radius 1 is 1.12 bits per heavy atom. The summed E-state index contributed by atoms with van der Waals surface area (Å²) in [5.41, 5.74) is 0.589. The van der Waals surface area contributed by atoms with E-state index >= 15 is 0 Å². The van der Waals surface area contributed by atoms with Crippen molar-refractivity contribution in [1.82, 2.24) is 0 Å². The lowest BCUT2D eigenvalue weighted by molar-refractivity contribution is -0.147. The van der Waals surface area contributed by atoms with E-state index in [4.69, 9.17) is 14.2 Å². The highest BCUT2D eigenvalue weighted by atomic mass is 16.6. The molecule has 1 aliphatic carbocycles. The van der Waals surface area contributed by atoms with E-state index in [1.165, 1.54) is 25.7 Å². The fraction of sp³-hybridized carbons (Fsp3) is 0.556. The van der Waals surface area contributed by atoms with Crippen LogP contribution in [-0.4, -0.2) is 31.7 Å². The minimum Gasteiger partial charge on any atom is -0.486 e. The lowest BCUT2D eigenvalue weighted by atomic mass is 10.0. The standard InChI is InChI=1S/C18H23NO5/c20-17(12-24-18(21)8-5-13-3-1-2-4-13)19-14-6-7-15-16(11-14)23-10-9-22-15/h6-7,11,13H,1-5,8-10,12H2,(H,19,20). The van der Waals surface area contributed by atoms with Crippen molar-refractivity contribution >= 4 is 17.6 Å². The first kappa shape index (κ1) is 16.6. The molecule has 1 saturated carbocycles. The molecular formula is C18H23NO5. The second-order valence-corrected chi connectivity index (χ2v) is 6.26. The molecule has 1 aliphatic heterocycles. The van der Waals surface area contributed by atoms with Gasteiger partial charge in [-0.15, -0.1) is 0 Å². The molecule has 130 valence electrons. The number of anilines is 1. The lowest BCUT2D eigenvalue weighted by Gasteiger charge is -2.19. The zero-order valence-electron chi connectivity index (χ0n) is 13.7. The third kappa shape index (κ3) is 4.63. The molecule has 3 rings (SSSR count). The molecule has 0 spiro atoms. The third-order valence-electron chi connectivity index (χ3n) is 4.42. The molecular weight excluding hydrogens is 310 g/mol. The van der Waals surface area contributed by atoms with Gasteiger partial charge in [0, 0.05) is 18.2 Å². The van der Waals surface area contributed by atoms with Crippen LogP contribution in [0.2, 0.25) is 0 Å². The van der Waals surface area contributed by atoms with Crippen molar-refractivity contribution in [3.8, 4) is 11.5 Å². The monoisotopic (exact) mass is 333 g/mol. The zero-order valence-corrected chi connectivity index (χ0v) is 13.7. The van der Waals surface area contributed by atoms with Crippen LogP contribution in [0.4, 0.5) is 5.69 Å². The molecule has 0 radical (unpaired) electrons. The number of hydrogen-bond acceptors (Lipinski definition) is 5. The van der Waals surface area contributed by atoms with Crippen LogP contribution in [0.25, 0.3) is 0 Å². The van der Waals surface area contributed by atoms with Crippen molar-refractivity contribution < 1.29 is 23.8 Å². The molecule has 1 amide bonds. The summed E-state index contributed by atoms with van der Waals surface area (Å²) in [6, 6.07) is 5.18. The largest absolute Gasteiger partial charge is 0.486 e. The molecule has 1 aromatic rings. The Kier molecular flexibility index (Phi) is 5.56.